The number of hydrogen-bond donors (Lipinski definition) is 1. The van der Waals surface area contributed by atoms with Crippen LogP contribution in [0.2, 0.25) is 0 Å². The fourth-order valence-electron chi connectivity index (χ4n) is 1.81. The summed E-state index contributed by atoms with van der Waals surface area (Å²) >= 11 is 1.45. The number of thioether (sulfide) groups is 1. The zero-order valence-corrected chi connectivity index (χ0v) is 12.0. The van der Waals surface area contributed by atoms with Gasteiger partial charge in [-0.25, -0.2) is 4.79 Å². The Kier molecular flexibility index (Phi) is 4.19. The first-order valence-corrected chi connectivity index (χ1v) is 6.84. The van der Waals surface area contributed by atoms with Crippen LogP contribution in [0.3, 0.4) is 0 Å². The van der Waals surface area contributed by atoms with Crippen molar-refractivity contribution in [3.8, 4) is 22.8 Å². The normalized spacial score (nSPS) is 10.3. The summed E-state index contributed by atoms with van der Waals surface area (Å²) in [5.74, 6) is 0.389. The summed E-state index contributed by atoms with van der Waals surface area (Å²) in [6, 6.07) is 4.87. The SMILES string of the molecule is COc1ccc(OC)c(-c2cc(C(=O)O)no2)c1SC. The number of carbonyl (C=O) groups is 1. The molecule has 0 aliphatic rings. The monoisotopic (exact) mass is 295 g/mol. The van der Waals surface area contributed by atoms with Crippen molar-refractivity contribution in [2.24, 2.45) is 0 Å². The van der Waals surface area contributed by atoms with Crippen molar-refractivity contribution in [1.82, 2.24) is 5.16 Å². The number of methoxy groups -OCH3 is 2. The van der Waals surface area contributed by atoms with E-state index >= 15 is 0 Å². The van der Waals surface area contributed by atoms with Crippen LogP contribution in [-0.4, -0.2) is 36.7 Å². The molecular weight excluding hydrogens is 282 g/mol. The molecule has 106 valence electrons. The molecule has 0 radical (unpaired) electrons. The molecule has 0 amide bonds. The lowest BCUT2D eigenvalue weighted by Crippen LogP contribution is -1.95. The van der Waals surface area contributed by atoms with Crippen LogP contribution < -0.4 is 9.47 Å². The van der Waals surface area contributed by atoms with Crippen LogP contribution in [0.25, 0.3) is 11.3 Å². The molecule has 0 bridgehead atoms. The molecule has 0 aliphatic heterocycles. The summed E-state index contributed by atoms with van der Waals surface area (Å²) < 4.78 is 15.7. The average Bonchev–Trinajstić information content (AvgIpc) is 2.95. The zero-order chi connectivity index (χ0) is 14.7. The predicted octanol–water partition coefficient (Wildman–Crippen LogP) is 2.78. The highest BCUT2D eigenvalue weighted by molar-refractivity contribution is 7.98. The first-order chi connectivity index (χ1) is 9.62. The van der Waals surface area contributed by atoms with E-state index in [1.54, 1.807) is 19.2 Å². The van der Waals surface area contributed by atoms with Crippen molar-refractivity contribution in [3.63, 3.8) is 0 Å². The first-order valence-electron chi connectivity index (χ1n) is 5.61. The van der Waals surface area contributed by atoms with Gasteiger partial charge in [0.15, 0.2) is 11.5 Å². The number of rotatable bonds is 5. The van der Waals surface area contributed by atoms with E-state index < -0.39 is 5.97 Å². The van der Waals surface area contributed by atoms with E-state index in [1.165, 1.54) is 24.9 Å². The molecule has 0 spiro atoms. The van der Waals surface area contributed by atoms with Gasteiger partial charge >= 0.3 is 5.97 Å². The third-order valence-electron chi connectivity index (χ3n) is 2.70. The molecule has 1 N–H and O–H groups in total. The molecule has 0 atom stereocenters. The highest BCUT2D eigenvalue weighted by Gasteiger charge is 2.21. The van der Waals surface area contributed by atoms with Crippen molar-refractivity contribution in [1.29, 1.82) is 0 Å². The van der Waals surface area contributed by atoms with Crippen LogP contribution in [0.1, 0.15) is 10.5 Å². The van der Waals surface area contributed by atoms with Gasteiger partial charge in [-0.1, -0.05) is 5.16 Å². The Hall–Kier alpha value is -2.15. The summed E-state index contributed by atoms with van der Waals surface area (Å²) in [5.41, 5.74) is 0.469. The van der Waals surface area contributed by atoms with Gasteiger partial charge in [-0.15, -0.1) is 11.8 Å². The summed E-state index contributed by atoms with van der Waals surface area (Å²) in [5, 5.41) is 12.4. The molecule has 1 heterocycles. The zero-order valence-electron chi connectivity index (χ0n) is 11.2. The fraction of sp³-hybridized carbons (Fsp3) is 0.231. The van der Waals surface area contributed by atoms with E-state index in [1.807, 2.05) is 6.26 Å². The number of aromatic nitrogens is 1. The van der Waals surface area contributed by atoms with Crippen molar-refractivity contribution in [2.75, 3.05) is 20.5 Å². The molecule has 0 saturated heterocycles. The van der Waals surface area contributed by atoms with Gasteiger partial charge < -0.3 is 19.1 Å². The molecule has 1 aromatic carbocycles. The second kappa shape index (κ2) is 5.87. The molecule has 6 nitrogen and oxygen atoms in total. The second-order valence-corrected chi connectivity index (χ2v) is 4.58. The third-order valence-corrected chi connectivity index (χ3v) is 3.52. The topological polar surface area (TPSA) is 81.8 Å². The Morgan fingerprint density at radius 2 is 1.95 bits per heavy atom. The molecule has 2 aromatic rings. The number of carboxylic acids is 1. The van der Waals surface area contributed by atoms with Crippen LogP contribution >= 0.6 is 11.8 Å². The average molecular weight is 295 g/mol. The van der Waals surface area contributed by atoms with Crippen molar-refractivity contribution >= 4 is 17.7 Å². The van der Waals surface area contributed by atoms with Gasteiger partial charge in [0.2, 0.25) is 0 Å². The molecule has 7 heteroatoms. The number of aromatic carboxylic acids is 1. The van der Waals surface area contributed by atoms with Gasteiger partial charge in [0.05, 0.1) is 24.7 Å². The van der Waals surface area contributed by atoms with Crippen LogP contribution in [0, 0.1) is 0 Å². The molecule has 1 aromatic heterocycles. The highest BCUT2D eigenvalue weighted by Crippen LogP contribution is 2.43. The lowest BCUT2D eigenvalue weighted by atomic mass is 10.1. The van der Waals surface area contributed by atoms with Crippen molar-refractivity contribution in [2.45, 2.75) is 4.90 Å². The standard InChI is InChI=1S/C13H13NO5S/c1-17-8-4-5-9(18-2)12(20-3)11(8)10-6-7(13(15)16)14-19-10/h4-6H,1-3H3,(H,15,16). The van der Waals surface area contributed by atoms with E-state index in [0.29, 0.717) is 22.8 Å². The van der Waals surface area contributed by atoms with Gasteiger partial charge in [0, 0.05) is 6.07 Å². The lowest BCUT2D eigenvalue weighted by molar-refractivity contribution is 0.0686. The van der Waals surface area contributed by atoms with Crippen LogP contribution in [0.5, 0.6) is 11.5 Å². The number of ether oxygens (including phenoxy) is 2. The molecule has 20 heavy (non-hydrogen) atoms. The molecular formula is C13H13NO5S. The molecule has 0 fully saturated rings. The quantitative estimate of drug-likeness (QED) is 0.849. The Labute approximate surface area is 119 Å². The molecule has 0 saturated carbocycles. The maximum absolute atomic E-state index is 10.9. The minimum absolute atomic E-state index is 0.156. The minimum Gasteiger partial charge on any atom is -0.496 e. The molecule has 2 rings (SSSR count). The van der Waals surface area contributed by atoms with E-state index in [-0.39, 0.29) is 5.69 Å². The Morgan fingerprint density at radius 3 is 2.45 bits per heavy atom. The van der Waals surface area contributed by atoms with Crippen molar-refractivity contribution < 1.29 is 23.9 Å². The number of benzene rings is 1. The summed E-state index contributed by atoms with van der Waals surface area (Å²) in [6.45, 7) is 0. The largest absolute Gasteiger partial charge is 0.496 e. The highest BCUT2D eigenvalue weighted by atomic mass is 32.2. The maximum Gasteiger partial charge on any atom is 0.358 e. The van der Waals surface area contributed by atoms with Crippen LogP contribution in [0.4, 0.5) is 0 Å². The van der Waals surface area contributed by atoms with Gasteiger partial charge in [0.25, 0.3) is 0 Å². The Bertz CT molecular complexity index is 638. The van der Waals surface area contributed by atoms with E-state index in [9.17, 15) is 4.79 Å². The fourth-order valence-corrected chi connectivity index (χ4v) is 2.56. The predicted molar refractivity (Wildman–Crippen MR) is 73.8 cm³/mol. The number of nitrogens with zero attached hydrogens (tertiary/aromatic N) is 1. The first kappa shape index (κ1) is 14.3. The summed E-state index contributed by atoms with van der Waals surface area (Å²) in [4.78, 5) is 11.7. The van der Waals surface area contributed by atoms with Gasteiger partial charge in [-0.2, -0.15) is 0 Å². The Morgan fingerprint density at radius 1 is 1.30 bits per heavy atom. The van der Waals surface area contributed by atoms with E-state index in [4.69, 9.17) is 19.1 Å². The van der Waals surface area contributed by atoms with Gasteiger partial charge in [-0.05, 0) is 18.4 Å². The van der Waals surface area contributed by atoms with Crippen molar-refractivity contribution in [3.05, 3.63) is 23.9 Å². The Balaban J connectivity index is 2.65. The molecule has 0 unspecified atom stereocenters. The van der Waals surface area contributed by atoms with E-state index in [0.717, 1.165) is 4.90 Å². The second-order valence-electron chi connectivity index (χ2n) is 3.76. The van der Waals surface area contributed by atoms with Gasteiger partial charge in [-0.3, -0.25) is 0 Å². The lowest BCUT2D eigenvalue weighted by Gasteiger charge is -2.13. The van der Waals surface area contributed by atoms with Gasteiger partial charge in [0.1, 0.15) is 11.5 Å². The third kappa shape index (κ3) is 2.44. The summed E-state index contributed by atoms with van der Waals surface area (Å²) in [7, 11) is 3.10. The van der Waals surface area contributed by atoms with Crippen LogP contribution in [0.15, 0.2) is 27.6 Å². The smallest absolute Gasteiger partial charge is 0.358 e. The maximum atomic E-state index is 10.9. The molecule has 0 aliphatic carbocycles. The number of carboxylic acid groups (broad SMARTS) is 1. The minimum atomic E-state index is -1.15. The van der Waals surface area contributed by atoms with Crippen LogP contribution in [-0.2, 0) is 0 Å². The number of hydrogen-bond acceptors (Lipinski definition) is 6. The summed E-state index contributed by atoms with van der Waals surface area (Å²) in [6.07, 6.45) is 1.88. The van der Waals surface area contributed by atoms with E-state index in [2.05, 4.69) is 5.16 Å².